The highest BCUT2D eigenvalue weighted by Crippen LogP contribution is 2.33. The van der Waals surface area contributed by atoms with E-state index >= 15 is 0 Å². The van der Waals surface area contributed by atoms with E-state index in [9.17, 15) is 9.59 Å². The van der Waals surface area contributed by atoms with Gasteiger partial charge in [-0.2, -0.15) is 4.99 Å². The molecular weight excluding hydrogens is 414 g/mol. The molecule has 3 aromatic rings. The van der Waals surface area contributed by atoms with Crippen LogP contribution in [0.2, 0.25) is 0 Å². The van der Waals surface area contributed by atoms with Crippen molar-refractivity contribution in [2.24, 2.45) is 4.99 Å². The average molecular weight is 436 g/mol. The Morgan fingerprint density at radius 1 is 1.14 bits per heavy atom. The van der Waals surface area contributed by atoms with Crippen molar-refractivity contribution in [3.8, 4) is 11.5 Å². The number of benzene rings is 1. The SMILES string of the molecule is CCOC(=O)Cn1c(=NC(=O)c2sc(C)nc2C)sc2cc(OC)c(OC)cc21. The second-order valence-corrected chi connectivity index (χ2v) is 8.23. The van der Waals surface area contributed by atoms with Crippen molar-refractivity contribution in [3.63, 3.8) is 0 Å². The fraction of sp³-hybridized carbons (Fsp3) is 0.368. The molecule has 0 aliphatic rings. The lowest BCUT2D eigenvalue weighted by atomic mass is 10.3. The van der Waals surface area contributed by atoms with Crippen LogP contribution in [-0.4, -0.2) is 42.3 Å². The second kappa shape index (κ2) is 8.75. The third-order valence-corrected chi connectivity index (χ3v) is 6.18. The number of amides is 1. The number of hydrogen-bond acceptors (Lipinski definition) is 8. The number of carbonyl (C=O) groups excluding carboxylic acids is 2. The standard InChI is InChI=1S/C19H21N3O5S2/c1-6-27-16(23)9-22-12-7-13(25-4)14(26-5)8-15(12)29-19(22)21-18(24)17-10(2)20-11(3)28-17/h7-8H,6,9H2,1-5H3. The Morgan fingerprint density at radius 2 is 1.83 bits per heavy atom. The molecular formula is C19H21N3O5S2. The van der Waals surface area contributed by atoms with E-state index < -0.39 is 11.9 Å². The highest BCUT2D eigenvalue weighted by molar-refractivity contribution is 7.16. The number of aromatic nitrogens is 2. The number of thiazole rings is 2. The van der Waals surface area contributed by atoms with Crippen LogP contribution in [0.1, 0.15) is 27.3 Å². The summed E-state index contributed by atoms with van der Waals surface area (Å²) in [4.78, 5) is 34.4. The molecule has 0 fully saturated rings. The molecule has 2 aromatic heterocycles. The number of ether oxygens (including phenoxy) is 3. The quantitative estimate of drug-likeness (QED) is 0.553. The molecule has 0 radical (unpaired) electrons. The van der Waals surface area contributed by atoms with Gasteiger partial charge in [0.2, 0.25) is 0 Å². The van der Waals surface area contributed by atoms with Crippen molar-refractivity contribution in [1.29, 1.82) is 0 Å². The predicted octanol–water partition coefficient (Wildman–Crippen LogP) is 3.10. The summed E-state index contributed by atoms with van der Waals surface area (Å²) in [6.45, 7) is 5.55. The predicted molar refractivity (Wildman–Crippen MR) is 111 cm³/mol. The van der Waals surface area contributed by atoms with Gasteiger partial charge in [0.25, 0.3) is 5.91 Å². The van der Waals surface area contributed by atoms with Crippen molar-refractivity contribution in [3.05, 3.63) is 32.5 Å². The number of carbonyl (C=O) groups is 2. The maximum atomic E-state index is 12.8. The summed E-state index contributed by atoms with van der Waals surface area (Å²) in [5.74, 6) is 0.260. The molecule has 29 heavy (non-hydrogen) atoms. The summed E-state index contributed by atoms with van der Waals surface area (Å²) >= 11 is 2.58. The highest BCUT2D eigenvalue weighted by Gasteiger charge is 2.18. The van der Waals surface area contributed by atoms with E-state index in [1.54, 1.807) is 37.7 Å². The fourth-order valence-corrected chi connectivity index (χ4v) is 4.68. The monoisotopic (exact) mass is 435 g/mol. The molecule has 0 unspecified atom stereocenters. The van der Waals surface area contributed by atoms with Crippen LogP contribution in [0.4, 0.5) is 0 Å². The lowest BCUT2D eigenvalue weighted by Crippen LogP contribution is -2.23. The van der Waals surface area contributed by atoms with Gasteiger partial charge in [-0.05, 0) is 20.8 Å². The summed E-state index contributed by atoms with van der Waals surface area (Å²) in [6.07, 6.45) is 0. The van der Waals surface area contributed by atoms with Crippen molar-refractivity contribution in [1.82, 2.24) is 9.55 Å². The first kappa shape index (κ1) is 21.0. The van der Waals surface area contributed by atoms with Crippen LogP contribution in [-0.2, 0) is 16.1 Å². The van der Waals surface area contributed by atoms with Crippen LogP contribution in [0.25, 0.3) is 10.2 Å². The topological polar surface area (TPSA) is 92.0 Å². The summed E-state index contributed by atoms with van der Waals surface area (Å²) < 4.78 is 18.3. The van der Waals surface area contributed by atoms with E-state index in [2.05, 4.69) is 9.98 Å². The Morgan fingerprint density at radius 3 is 2.41 bits per heavy atom. The summed E-state index contributed by atoms with van der Waals surface area (Å²) in [5.41, 5.74) is 1.34. The number of nitrogens with zero attached hydrogens (tertiary/aromatic N) is 3. The van der Waals surface area contributed by atoms with Crippen LogP contribution in [0.5, 0.6) is 11.5 Å². The van der Waals surface area contributed by atoms with Crippen molar-refractivity contribution >= 4 is 44.8 Å². The minimum Gasteiger partial charge on any atom is -0.493 e. The van der Waals surface area contributed by atoms with Gasteiger partial charge in [0, 0.05) is 12.1 Å². The van der Waals surface area contributed by atoms with Crippen molar-refractivity contribution < 1.29 is 23.8 Å². The van der Waals surface area contributed by atoms with Gasteiger partial charge in [-0.3, -0.25) is 9.59 Å². The Bertz CT molecular complexity index is 1140. The number of hydrogen-bond donors (Lipinski definition) is 0. The smallest absolute Gasteiger partial charge is 0.326 e. The Hall–Kier alpha value is -2.72. The Balaban J connectivity index is 2.19. The van der Waals surface area contributed by atoms with E-state index in [0.29, 0.717) is 32.4 Å². The largest absolute Gasteiger partial charge is 0.493 e. The van der Waals surface area contributed by atoms with E-state index in [0.717, 1.165) is 9.71 Å². The van der Waals surface area contributed by atoms with E-state index in [1.807, 2.05) is 6.92 Å². The van der Waals surface area contributed by atoms with Gasteiger partial charge in [-0.15, -0.1) is 11.3 Å². The van der Waals surface area contributed by atoms with E-state index in [4.69, 9.17) is 14.2 Å². The first-order chi connectivity index (χ1) is 13.9. The molecule has 1 aromatic carbocycles. The fourth-order valence-electron chi connectivity index (χ4n) is 2.84. The molecule has 8 nitrogen and oxygen atoms in total. The van der Waals surface area contributed by atoms with Crippen LogP contribution >= 0.6 is 22.7 Å². The van der Waals surface area contributed by atoms with Gasteiger partial charge in [-0.1, -0.05) is 11.3 Å². The van der Waals surface area contributed by atoms with Crippen LogP contribution < -0.4 is 14.3 Å². The number of esters is 1. The Kier molecular flexibility index (Phi) is 6.33. The van der Waals surface area contributed by atoms with E-state index in [-0.39, 0.29) is 13.2 Å². The first-order valence-corrected chi connectivity index (χ1v) is 10.4. The lowest BCUT2D eigenvalue weighted by molar-refractivity contribution is -0.143. The molecule has 0 saturated carbocycles. The zero-order valence-corrected chi connectivity index (χ0v) is 18.4. The summed E-state index contributed by atoms with van der Waals surface area (Å²) in [5, 5.41) is 0.797. The van der Waals surface area contributed by atoms with Gasteiger partial charge in [-0.25, -0.2) is 4.98 Å². The molecule has 154 valence electrons. The number of aryl methyl sites for hydroxylation is 2. The third kappa shape index (κ3) is 4.33. The zero-order chi connectivity index (χ0) is 21.1. The first-order valence-electron chi connectivity index (χ1n) is 8.82. The molecule has 0 aliphatic heterocycles. The third-order valence-electron chi connectivity index (χ3n) is 4.08. The van der Waals surface area contributed by atoms with Gasteiger partial charge < -0.3 is 18.8 Å². The minimum absolute atomic E-state index is 0.0733. The summed E-state index contributed by atoms with van der Waals surface area (Å²) in [6, 6.07) is 3.56. The van der Waals surface area contributed by atoms with Crippen LogP contribution in [0.15, 0.2) is 17.1 Å². The summed E-state index contributed by atoms with van der Waals surface area (Å²) in [7, 11) is 3.09. The van der Waals surface area contributed by atoms with Gasteiger partial charge >= 0.3 is 5.97 Å². The normalized spacial score (nSPS) is 11.7. The van der Waals surface area contributed by atoms with Crippen LogP contribution in [0.3, 0.4) is 0 Å². The van der Waals surface area contributed by atoms with Crippen molar-refractivity contribution in [2.45, 2.75) is 27.3 Å². The van der Waals surface area contributed by atoms with E-state index in [1.165, 1.54) is 29.8 Å². The molecule has 10 heteroatoms. The molecule has 2 heterocycles. The molecule has 0 N–H and O–H groups in total. The van der Waals surface area contributed by atoms with Crippen LogP contribution in [0, 0.1) is 13.8 Å². The Labute approximate surface area is 175 Å². The second-order valence-electron chi connectivity index (χ2n) is 6.02. The molecule has 3 rings (SSSR count). The number of methoxy groups -OCH3 is 2. The number of rotatable bonds is 6. The molecule has 0 bridgehead atoms. The zero-order valence-electron chi connectivity index (χ0n) is 16.8. The highest BCUT2D eigenvalue weighted by atomic mass is 32.1. The molecule has 0 spiro atoms. The van der Waals surface area contributed by atoms with Gasteiger partial charge in [0.05, 0.1) is 41.7 Å². The molecule has 0 aliphatic carbocycles. The van der Waals surface area contributed by atoms with Gasteiger partial charge in [0.15, 0.2) is 16.3 Å². The maximum Gasteiger partial charge on any atom is 0.326 e. The molecule has 0 saturated heterocycles. The van der Waals surface area contributed by atoms with Gasteiger partial charge in [0.1, 0.15) is 11.4 Å². The minimum atomic E-state index is -0.416. The maximum absolute atomic E-state index is 12.8. The van der Waals surface area contributed by atoms with Crippen molar-refractivity contribution in [2.75, 3.05) is 20.8 Å². The number of fused-ring (bicyclic) bond motifs is 1. The molecule has 1 amide bonds. The molecule has 0 atom stereocenters. The lowest BCUT2D eigenvalue weighted by Gasteiger charge is -2.09. The average Bonchev–Trinajstić information content (AvgIpc) is 3.19.